The number of hydrogen-bond donors (Lipinski definition) is 0. The van der Waals surface area contributed by atoms with Crippen molar-refractivity contribution >= 4 is 11.6 Å². The highest BCUT2D eigenvalue weighted by atomic mass is 35.5. The molecular weight excluding hydrogens is 352 g/mol. The maximum Gasteiger partial charge on any atom is 0.251 e. The molecule has 2 aromatic carbocycles. The number of ether oxygens (including phenoxy) is 1. The Hall–Kier alpha value is -3.12. The van der Waals surface area contributed by atoms with E-state index in [0.717, 1.165) is 22.5 Å². The molecule has 26 heavy (non-hydrogen) atoms. The summed E-state index contributed by atoms with van der Waals surface area (Å²) >= 11 is 6.13. The molecule has 4 rings (SSSR count). The first kappa shape index (κ1) is 16.4. The molecule has 0 unspecified atom stereocenters. The van der Waals surface area contributed by atoms with E-state index in [1.54, 1.807) is 36.2 Å². The highest BCUT2D eigenvalue weighted by Crippen LogP contribution is 2.31. The van der Waals surface area contributed by atoms with Gasteiger partial charge in [0.05, 0.1) is 24.6 Å². The van der Waals surface area contributed by atoms with Crippen LogP contribution in [0.3, 0.4) is 0 Å². The first-order valence-electron chi connectivity index (χ1n) is 7.95. The van der Waals surface area contributed by atoms with Crippen molar-refractivity contribution in [1.29, 1.82) is 0 Å². The molecule has 0 aliphatic carbocycles. The smallest absolute Gasteiger partial charge is 0.251 e. The Labute approximate surface area is 155 Å². The minimum atomic E-state index is 0.411. The van der Waals surface area contributed by atoms with Gasteiger partial charge in [-0.25, -0.2) is 4.68 Å². The maximum atomic E-state index is 6.13. The zero-order valence-electron chi connectivity index (χ0n) is 14.2. The summed E-state index contributed by atoms with van der Waals surface area (Å²) in [7, 11) is 1.61. The topological polar surface area (TPSA) is 66.0 Å². The fourth-order valence-corrected chi connectivity index (χ4v) is 2.89. The van der Waals surface area contributed by atoms with Crippen molar-refractivity contribution in [1.82, 2.24) is 20.0 Å². The molecule has 2 aromatic heterocycles. The lowest BCUT2D eigenvalue weighted by Gasteiger charge is -2.10. The van der Waals surface area contributed by atoms with Gasteiger partial charge < -0.3 is 9.15 Å². The summed E-state index contributed by atoms with van der Waals surface area (Å²) in [5.41, 5.74) is 3.20. The Balaban J connectivity index is 1.75. The molecule has 7 heteroatoms. The van der Waals surface area contributed by atoms with Gasteiger partial charge in [-0.05, 0) is 37.3 Å². The lowest BCUT2D eigenvalue weighted by atomic mass is 10.2. The normalized spacial score (nSPS) is 10.9. The molecule has 2 heterocycles. The van der Waals surface area contributed by atoms with Gasteiger partial charge in [0.15, 0.2) is 0 Å². The summed E-state index contributed by atoms with van der Waals surface area (Å²) < 4.78 is 13.0. The molecule has 130 valence electrons. The molecule has 4 aromatic rings. The monoisotopic (exact) mass is 366 g/mol. The first-order chi connectivity index (χ1) is 12.7. The zero-order valence-corrected chi connectivity index (χ0v) is 14.9. The van der Waals surface area contributed by atoms with Crippen molar-refractivity contribution in [3.63, 3.8) is 0 Å². The summed E-state index contributed by atoms with van der Waals surface area (Å²) in [4.78, 5) is 0. The van der Waals surface area contributed by atoms with E-state index in [9.17, 15) is 0 Å². The van der Waals surface area contributed by atoms with E-state index in [4.69, 9.17) is 20.8 Å². The lowest BCUT2D eigenvalue weighted by molar-refractivity contribution is 0.411. The molecule has 0 atom stereocenters. The molecule has 0 saturated heterocycles. The number of methoxy groups -OCH3 is 1. The molecule has 0 radical (unpaired) electrons. The van der Waals surface area contributed by atoms with Gasteiger partial charge in [0.25, 0.3) is 5.89 Å². The third-order valence-electron chi connectivity index (χ3n) is 4.06. The third-order valence-corrected chi connectivity index (χ3v) is 4.29. The van der Waals surface area contributed by atoms with Crippen molar-refractivity contribution < 1.29 is 9.15 Å². The van der Waals surface area contributed by atoms with Gasteiger partial charge in [-0.15, -0.1) is 10.2 Å². The summed E-state index contributed by atoms with van der Waals surface area (Å²) in [6.07, 6.45) is 1.69. The van der Waals surface area contributed by atoms with Crippen LogP contribution in [0.1, 0.15) is 5.69 Å². The first-order valence-corrected chi connectivity index (χ1v) is 8.33. The van der Waals surface area contributed by atoms with E-state index in [1.165, 1.54) is 0 Å². The van der Waals surface area contributed by atoms with E-state index < -0.39 is 0 Å². The number of hydrogen-bond acceptors (Lipinski definition) is 5. The van der Waals surface area contributed by atoms with E-state index in [-0.39, 0.29) is 0 Å². The Morgan fingerprint density at radius 3 is 2.58 bits per heavy atom. The molecule has 0 saturated carbocycles. The molecule has 0 amide bonds. The SMILES string of the molecule is COc1ccc(Cl)cc1-n1ncc(-c2nnc(-c3ccccc3)o2)c1C. The Bertz CT molecular complexity index is 1060. The largest absolute Gasteiger partial charge is 0.494 e. The van der Waals surface area contributed by atoms with Crippen LogP contribution in [0.5, 0.6) is 5.75 Å². The van der Waals surface area contributed by atoms with Crippen LogP contribution >= 0.6 is 11.6 Å². The van der Waals surface area contributed by atoms with Gasteiger partial charge in [-0.2, -0.15) is 5.10 Å². The number of nitrogens with zero attached hydrogens (tertiary/aromatic N) is 4. The maximum absolute atomic E-state index is 6.13. The second-order valence-electron chi connectivity index (χ2n) is 5.65. The van der Waals surface area contributed by atoms with Crippen LogP contribution in [0, 0.1) is 6.92 Å². The van der Waals surface area contributed by atoms with Gasteiger partial charge in [0.2, 0.25) is 5.89 Å². The van der Waals surface area contributed by atoms with Gasteiger partial charge in [-0.1, -0.05) is 29.8 Å². The zero-order chi connectivity index (χ0) is 18.1. The van der Waals surface area contributed by atoms with Crippen molar-refractivity contribution in [2.24, 2.45) is 0 Å². The van der Waals surface area contributed by atoms with Crippen molar-refractivity contribution in [3.8, 4) is 34.3 Å². The summed E-state index contributed by atoms with van der Waals surface area (Å²) in [5, 5.41) is 13.3. The van der Waals surface area contributed by atoms with E-state index in [0.29, 0.717) is 22.6 Å². The van der Waals surface area contributed by atoms with Crippen LogP contribution in [-0.4, -0.2) is 27.1 Å². The van der Waals surface area contributed by atoms with E-state index in [1.807, 2.05) is 37.3 Å². The van der Waals surface area contributed by atoms with Crippen molar-refractivity contribution in [2.45, 2.75) is 6.92 Å². The van der Waals surface area contributed by atoms with Crippen LogP contribution in [0.2, 0.25) is 5.02 Å². The quantitative estimate of drug-likeness (QED) is 0.529. The van der Waals surface area contributed by atoms with Gasteiger partial charge in [0, 0.05) is 10.6 Å². The van der Waals surface area contributed by atoms with E-state index >= 15 is 0 Å². The highest BCUT2D eigenvalue weighted by Gasteiger charge is 2.18. The molecule has 0 fully saturated rings. The molecule has 6 nitrogen and oxygen atoms in total. The molecule has 0 aliphatic rings. The fourth-order valence-electron chi connectivity index (χ4n) is 2.72. The summed E-state index contributed by atoms with van der Waals surface area (Å²) in [5.74, 6) is 1.55. The van der Waals surface area contributed by atoms with E-state index in [2.05, 4.69) is 15.3 Å². The second kappa shape index (κ2) is 6.65. The minimum Gasteiger partial charge on any atom is -0.494 e. The van der Waals surface area contributed by atoms with Crippen molar-refractivity contribution in [3.05, 3.63) is 65.4 Å². The molecule has 0 aliphatic heterocycles. The standard InChI is InChI=1S/C19H15ClN4O2/c1-12-15(19-23-22-18(26-19)13-6-4-3-5-7-13)11-21-24(12)16-10-14(20)8-9-17(16)25-2/h3-11H,1-2H3. The molecule has 0 bridgehead atoms. The van der Waals surface area contributed by atoms with Crippen LogP contribution in [0.25, 0.3) is 28.6 Å². The fraction of sp³-hybridized carbons (Fsp3) is 0.105. The Morgan fingerprint density at radius 1 is 1.04 bits per heavy atom. The highest BCUT2D eigenvalue weighted by molar-refractivity contribution is 6.30. The number of aromatic nitrogens is 4. The average molecular weight is 367 g/mol. The average Bonchev–Trinajstić information content (AvgIpc) is 3.29. The van der Waals surface area contributed by atoms with Crippen LogP contribution in [-0.2, 0) is 0 Å². The van der Waals surface area contributed by atoms with Gasteiger partial charge in [0.1, 0.15) is 11.4 Å². The third kappa shape index (κ3) is 2.84. The number of halogens is 1. The number of benzene rings is 2. The Kier molecular flexibility index (Phi) is 4.18. The van der Waals surface area contributed by atoms with Crippen LogP contribution < -0.4 is 4.74 Å². The van der Waals surface area contributed by atoms with Crippen LogP contribution in [0.15, 0.2) is 59.1 Å². The predicted molar refractivity (Wildman–Crippen MR) is 98.6 cm³/mol. The van der Waals surface area contributed by atoms with Crippen LogP contribution in [0.4, 0.5) is 0 Å². The van der Waals surface area contributed by atoms with Gasteiger partial charge >= 0.3 is 0 Å². The lowest BCUT2D eigenvalue weighted by Crippen LogP contribution is -2.02. The number of rotatable bonds is 4. The molecular formula is C19H15ClN4O2. The predicted octanol–water partition coefficient (Wildman–Crippen LogP) is 4.56. The molecule has 0 N–H and O–H groups in total. The second-order valence-corrected chi connectivity index (χ2v) is 6.09. The van der Waals surface area contributed by atoms with Crippen molar-refractivity contribution in [2.75, 3.05) is 7.11 Å². The summed E-state index contributed by atoms with van der Waals surface area (Å²) in [6.45, 7) is 1.93. The Morgan fingerprint density at radius 2 is 1.81 bits per heavy atom. The molecule has 0 spiro atoms. The summed E-state index contributed by atoms with van der Waals surface area (Å²) in [6, 6.07) is 15.0. The van der Waals surface area contributed by atoms with Gasteiger partial charge in [-0.3, -0.25) is 0 Å². The minimum absolute atomic E-state index is 0.411.